The van der Waals surface area contributed by atoms with Crippen molar-refractivity contribution in [3.05, 3.63) is 34.0 Å². The number of nitrogens with zero attached hydrogens (tertiary/aromatic N) is 5. The van der Waals surface area contributed by atoms with Crippen molar-refractivity contribution in [1.82, 2.24) is 30.3 Å². The summed E-state index contributed by atoms with van der Waals surface area (Å²) in [6, 6.07) is 2.13. The van der Waals surface area contributed by atoms with Gasteiger partial charge in [-0.1, -0.05) is 0 Å². The third-order valence-corrected chi connectivity index (χ3v) is 5.34. The summed E-state index contributed by atoms with van der Waals surface area (Å²) in [5, 5.41) is 12.6. The molecule has 0 radical (unpaired) electrons. The number of rotatable bonds is 6. The molecule has 0 aliphatic carbocycles. The Labute approximate surface area is 180 Å². The van der Waals surface area contributed by atoms with Crippen LogP contribution in [0.3, 0.4) is 0 Å². The van der Waals surface area contributed by atoms with E-state index in [0.29, 0.717) is 25.5 Å². The van der Waals surface area contributed by atoms with E-state index in [4.69, 9.17) is 0 Å². The average Bonchev–Trinajstić information content (AvgIpc) is 3.27. The molecule has 2 aromatic rings. The highest BCUT2D eigenvalue weighted by molar-refractivity contribution is 14.0. The number of guanidine groups is 1. The lowest BCUT2D eigenvalue weighted by atomic mass is 10.1. The Bertz CT molecular complexity index is 773. The molecule has 148 valence electrons. The summed E-state index contributed by atoms with van der Waals surface area (Å²) < 4.78 is 1.70. The highest BCUT2D eigenvalue weighted by Gasteiger charge is 2.20. The molecule has 0 bridgehead atoms. The van der Waals surface area contributed by atoms with Crippen molar-refractivity contribution < 1.29 is 4.79 Å². The van der Waals surface area contributed by atoms with Gasteiger partial charge in [0, 0.05) is 44.5 Å². The number of carbonyl (C=O) groups is 1. The highest BCUT2D eigenvalue weighted by Crippen LogP contribution is 2.24. The number of nitrogens with one attached hydrogen (secondary N) is 2. The molecule has 10 heteroatoms. The van der Waals surface area contributed by atoms with Crippen LogP contribution in [0, 0.1) is 0 Å². The van der Waals surface area contributed by atoms with Crippen LogP contribution in [0.4, 0.5) is 0 Å². The van der Waals surface area contributed by atoms with Crippen LogP contribution in [0.1, 0.15) is 29.6 Å². The second-order valence-electron chi connectivity index (χ2n) is 6.11. The molecule has 8 nitrogen and oxygen atoms in total. The molecular weight excluding hydrogens is 477 g/mol. The molecule has 3 rings (SSSR count). The van der Waals surface area contributed by atoms with E-state index >= 15 is 0 Å². The van der Waals surface area contributed by atoms with Crippen LogP contribution in [0.2, 0.25) is 0 Å². The Hall–Kier alpha value is -1.69. The molecule has 2 aromatic heterocycles. The third-order valence-electron chi connectivity index (χ3n) is 4.32. The van der Waals surface area contributed by atoms with Crippen LogP contribution < -0.4 is 10.6 Å². The van der Waals surface area contributed by atoms with E-state index in [1.807, 2.05) is 18.9 Å². The maximum atomic E-state index is 12.5. The van der Waals surface area contributed by atoms with Gasteiger partial charge in [-0.15, -0.1) is 35.3 Å². The van der Waals surface area contributed by atoms with Crippen LogP contribution in [0.25, 0.3) is 0 Å². The van der Waals surface area contributed by atoms with E-state index in [1.165, 1.54) is 16.8 Å². The number of hydrogen-bond donors (Lipinski definition) is 2. The summed E-state index contributed by atoms with van der Waals surface area (Å²) in [6.45, 7) is 5.30. The second kappa shape index (κ2) is 10.6. The minimum Gasteiger partial charge on any atom is -0.357 e. The van der Waals surface area contributed by atoms with Crippen molar-refractivity contribution in [2.45, 2.75) is 32.9 Å². The van der Waals surface area contributed by atoms with Crippen LogP contribution in [0.15, 0.2) is 22.8 Å². The van der Waals surface area contributed by atoms with Gasteiger partial charge >= 0.3 is 0 Å². The van der Waals surface area contributed by atoms with Crippen LogP contribution >= 0.6 is 35.3 Å². The van der Waals surface area contributed by atoms with E-state index < -0.39 is 0 Å². The fourth-order valence-corrected chi connectivity index (χ4v) is 3.75. The zero-order chi connectivity index (χ0) is 18.4. The molecule has 0 unspecified atom stereocenters. The monoisotopic (exact) mass is 503 g/mol. The summed E-state index contributed by atoms with van der Waals surface area (Å²) in [6.07, 6.45) is 2.93. The number of hydrogen-bond acceptors (Lipinski definition) is 5. The lowest BCUT2D eigenvalue weighted by Crippen LogP contribution is -2.41. The van der Waals surface area contributed by atoms with Gasteiger partial charge in [-0.3, -0.25) is 9.48 Å². The van der Waals surface area contributed by atoms with Gasteiger partial charge in [-0.2, -0.15) is 5.10 Å². The number of halogens is 1. The van der Waals surface area contributed by atoms with Crippen molar-refractivity contribution in [2.24, 2.45) is 12.0 Å². The van der Waals surface area contributed by atoms with Gasteiger partial charge in [-0.25, -0.2) is 9.98 Å². The predicted molar refractivity (Wildman–Crippen MR) is 117 cm³/mol. The molecule has 0 fully saturated rings. The molecule has 2 N–H and O–H groups in total. The fourth-order valence-electron chi connectivity index (χ4n) is 2.86. The Morgan fingerprint density at radius 3 is 3.00 bits per heavy atom. The van der Waals surface area contributed by atoms with Gasteiger partial charge in [0.2, 0.25) is 5.91 Å². The van der Waals surface area contributed by atoms with Crippen LogP contribution in [-0.2, 0) is 31.4 Å². The zero-order valence-electron chi connectivity index (χ0n) is 15.6. The first-order valence-corrected chi connectivity index (χ1v) is 9.73. The van der Waals surface area contributed by atoms with Gasteiger partial charge in [-0.05, 0) is 30.4 Å². The molecule has 0 spiro atoms. The minimum absolute atomic E-state index is 0. The number of thiophene rings is 1. The Kier molecular flexibility index (Phi) is 8.48. The minimum atomic E-state index is 0. The predicted octanol–water partition coefficient (Wildman–Crippen LogP) is 1.52. The number of carbonyl (C=O) groups excluding carboxylic acids is 1. The molecule has 0 saturated heterocycles. The lowest BCUT2D eigenvalue weighted by molar-refractivity contribution is -0.131. The van der Waals surface area contributed by atoms with Gasteiger partial charge in [0.1, 0.15) is 18.7 Å². The fraction of sp³-hybridized carbons (Fsp3) is 0.529. The molecular formula is C17H26IN7OS. The summed E-state index contributed by atoms with van der Waals surface area (Å²) >= 11 is 1.79. The molecule has 0 atom stereocenters. The SMILES string of the molecule is CCNC(=NCc1ncnn1C)NCCC(=O)N1CCc2sccc2C1.I. The molecule has 1 amide bonds. The number of amides is 1. The maximum absolute atomic E-state index is 12.5. The van der Waals surface area contributed by atoms with E-state index in [2.05, 4.69) is 37.2 Å². The third kappa shape index (κ3) is 5.89. The van der Waals surface area contributed by atoms with E-state index in [1.54, 1.807) is 16.0 Å². The van der Waals surface area contributed by atoms with Gasteiger partial charge in [0.15, 0.2) is 5.96 Å². The zero-order valence-corrected chi connectivity index (χ0v) is 18.8. The first-order chi connectivity index (χ1) is 12.7. The Balaban J connectivity index is 0.00000261. The summed E-state index contributed by atoms with van der Waals surface area (Å²) in [5.74, 6) is 1.65. The van der Waals surface area contributed by atoms with Gasteiger partial charge < -0.3 is 15.5 Å². The normalized spacial score (nSPS) is 13.7. The molecule has 0 aromatic carbocycles. The van der Waals surface area contributed by atoms with Crippen molar-refractivity contribution >= 4 is 47.2 Å². The molecule has 1 aliphatic rings. The second-order valence-corrected chi connectivity index (χ2v) is 7.11. The highest BCUT2D eigenvalue weighted by atomic mass is 127. The maximum Gasteiger partial charge on any atom is 0.224 e. The first kappa shape index (κ1) is 21.6. The Morgan fingerprint density at radius 1 is 1.41 bits per heavy atom. The molecule has 1 aliphatic heterocycles. The largest absolute Gasteiger partial charge is 0.357 e. The molecule has 27 heavy (non-hydrogen) atoms. The summed E-state index contributed by atoms with van der Waals surface area (Å²) in [5.41, 5.74) is 1.29. The quantitative estimate of drug-likeness (QED) is 0.355. The van der Waals surface area contributed by atoms with E-state index in [-0.39, 0.29) is 29.9 Å². The summed E-state index contributed by atoms with van der Waals surface area (Å²) in [4.78, 5) is 24.5. The van der Waals surface area contributed by atoms with Crippen LogP contribution in [-0.4, -0.2) is 51.2 Å². The number of aliphatic imine (C=N–C) groups is 1. The summed E-state index contributed by atoms with van der Waals surface area (Å²) in [7, 11) is 1.84. The molecule has 3 heterocycles. The molecule has 0 saturated carbocycles. The van der Waals surface area contributed by atoms with Crippen LogP contribution in [0.5, 0.6) is 0 Å². The average molecular weight is 503 g/mol. The van der Waals surface area contributed by atoms with Crippen molar-refractivity contribution in [3.8, 4) is 0 Å². The first-order valence-electron chi connectivity index (χ1n) is 8.85. The lowest BCUT2D eigenvalue weighted by Gasteiger charge is -2.27. The van der Waals surface area contributed by atoms with E-state index in [0.717, 1.165) is 31.9 Å². The standard InChI is InChI=1S/C17H25N7OS.HI/c1-3-18-17(20-10-15-21-12-22-23(15)2)19-7-4-16(25)24-8-5-14-13(11-24)6-9-26-14;/h6,9,12H,3-5,7-8,10-11H2,1-2H3,(H2,18,19,20);1H. The van der Waals surface area contributed by atoms with Crippen molar-refractivity contribution in [1.29, 1.82) is 0 Å². The van der Waals surface area contributed by atoms with Gasteiger partial charge in [0.05, 0.1) is 0 Å². The number of aromatic nitrogens is 3. The Morgan fingerprint density at radius 2 is 2.26 bits per heavy atom. The van der Waals surface area contributed by atoms with Crippen molar-refractivity contribution in [2.75, 3.05) is 19.6 Å². The van der Waals surface area contributed by atoms with E-state index in [9.17, 15) is 4.79 Å². The number of aryl methyl sites for hydroxylation is 1. The van der Waals surface area contributed by atoms with Crippen molar-refractivity contribution in [3.63, 3.8) is 0 Å². The number of fused-ring (bicyclic) bond motifs is 1. The smallest absolute Gasteiger partial charge is 0.224 e. The topological polar surface area (TPSA) is 87.4 Å². The van der Waals surface area contributed by atoms with Gasteiger partial charge in [0.25, 0.3) is 0 Å².